The number of aromatic nitrogens is 1. The van der Waals surface area contributed by atoms with Crippen molar-refractivity contribution < 1.29 is 27.5 Å². The van der Waals surface area contributed by atoms with Crippen molar-refractivity contribution in [2.24, 2.45) is 0 Å². The molecule has 0 N–H and O–H groups in total. The third-order valence-corrected chi connectivity index (χ3v) is 7.22. The molecule has 0 atom stereocenters. The van der Waals surface area contributed by atoms with Crippen LogP contribution in [0.1, 0.15) is 50.3 Å². The molecule has 0 radical (unpaired) electrons. The van der Waals surface area contributed by atoms with Gasteiger partial charge in [0.2, 0.25) is 5.91 Å². The molecule has 7 nitrogen and oxygen atoms in total. The van der Waals surface area contributed by atoms with Crippen LogP contribution in [0.4, 0.5) is 29.3 Å². The van der Waals surface area contributed by atoms with E-state index in [0.29, 0.717) is 38.0 Å². The second kappa shape index (κ2) is 13.3. The summed E-state index contributed by atoms with van der Waals surface area (Å²) in [7, 11) is 1.96. The number of pyridine rings is 1. The summed E-state index contributed by atoms with van der Waals surface area (Å²) < 4.78 is 44.4. The number of hydrogen-bond donors (Lipinski definition) is 0. The number of carbonyl (C=O) groups is 2. The molecule has 0 unspecified atom stereocenters. The second-order valence-electron chi connectivity index (χ2n) is 11.5. The number of piperidine rings is 1. The zero-order chi connectivity index (χ0) is 31.2. The minimum absolute atomic E-state index is 0.136. The van der Waals surface area contributed by atoms with E-state index in [0.717, 1.165) is 29.1 Å². The van der Waals surface area contributed by atoms with Crippen molar-refractivity contribution in [2.45, 2.75) is 58.0 Å². The van der Waals surface area contributed by atoms with Crippen LogP contribution in [0.2, 0.25) is 0 Å². The minimum atomic E-state index is -4.42. The Balaban J connectivity index is 1.50. The van der Waals surface area contributed by atoms with Gasteiger partial charge >= 0.3 is 12.3 Å². The Morgan fingerprint density at radius 3 is 2.07 bits per heavy atom. The first-order valence-corrected chi connectivity index (χ1v) is 14.2. The molecule has 43 heavy (non-hydrogen) atoms. The lowest BCUT2D eigenvalue weighted by Crippen LogP contribution is -2.49. The largest absolute Gasteiger partial charge is 0.444 e. The van der Waals surface area contributed by atoms with Crippen molar-refractivity contribution >= 4 is 29.5 Å². The van der Waals surface area contributed by atoms with Gasteiger partial charge in [0.15, 0.2) is 0 Å². The third-order valence-electron chi connectivity index (χ3n) is 7.22. The van der Waals surface area contributed by atoms with Gasteiger partial charge in [-0.2, -0.15) is 13.2 Å². The lowest BCUT2D eigenvalue weighted by molar-refractivity contribution is -0.137. The molecular weight excluding hydrogens is 557 g/mol. The van der Waals surface area contributed by atoms with E-state index in [-0.39, 0.29) is 18.0 Å². The summed E-state index contributed by atoms with van der Waals surface area (Å²) in [4.78, 5) is 35.7. The number of nitrogens with zero attached hydrogens (tertiary/aromatic N) is 4. The van der Waals surface area contributed by atoms with Gasteiger partial charge in [0.1, 0.15) is 5.60 Å². The lowest BCUT2D eigenvalue weighted by atomic mass is 10.0. The number of anilines is 2. The Labute approximate surface area is 250 Å². The van der Waals surface area contributed by atoms with Gasteiger partial charge in [-0.05, 0) is 87.2 Å². The molecule has 2 aromatic carbocycles. The fraction of sp³-hybridized carbons (Fsp3) is 0.364. The van der Waals surface area contributed by atoms with Gasteiger partial charge in [-0.3, -0.25) is 9.78 Å². The van der Waals surface area contributed by atoms with Gasteiger partial charge in [-0.15, -0.1) is 0 Å². The summed E-state index contributed by atoms with van der Waals surface area (Å²) >= 11 is 0. The molecule has 1 aliphatic rings. The molecule has 10 heteroatoms. The normalized spacial score (nSPS) is 14.5. The third kappa shape index (κ3) is 8.83. The maximum absolute atomic E-state index is 13.5. The Hall–Kier alpha value is -4.34. The van der Waals surface area contributed by atoms with Crippen LogP contribution in [-0.4, -0.2) is 58.6 Å². The van der Waals surface area contributed by atoms with E-state index in [2.05, 4.69) is 4.98 Å². The Morgan fingerprint density at radius 2 is 1.51 bits per heavy atom. The van der Waals surface area contributed by atoms with Crippen LogP contribution in [0.15, 0.2) is 79.1 Å². The molecule has 4 rings (SSSR count). The molecule has 0 bridgehead atoms. The molecule has 3 aromatic rings. The molecule has 228 valence electrons. The highest BCUT2D eigenvalue weighted by Crippen LogP contribution is 2.29. The number of hydrogen-bond acceptors (Lipinski definition) is 5. The van der Waals surface area contributed by atoms with Crippen LogP contribution < -0.4 is 4.90 Å². The molecular formula is C33H37F3N4O3. The molecule has 1 fully saturated rings. The van der Waals surface area contributed by atoms with Crippen LogP contribution in [0.5, 0.6) is 0 Å². The first-order valence-electron chi connectivity index (χ1n) is 14.2. The number of likely N-dealkylation sites (tertiary alicyclic amines) is 1. The molecule has 2 heterocycles. The van der Waals surface area contributed by atoms with Crippen molar-refractivity contribution in [3.8, 4) is 0 Å². The fourth-order valence-corrected chi connectivity index (χ4v) is 4.86. The lowest BCUT2D eigenvalue weighted by Gasteiger charge is -2.38. The monoisotopic (exact) mass is 594 g/mol. The van der Waals surface area contributed by atoms with Gasteiger partial charge in [-0.1, -0.05) is 24.3 Å². The van der Waals surface area contributed by atoms with Gasteiger partial charge in [0.25, 0.3) is 0 Å². The maximum Gasteiger partial charge on any atom is 0.416 e. The van der Waals surface area contributed by atoms with Crippen LogP contribution in [-0.2, 0) is 22.3 Å². The smallest absolute Gasteiger partial charge is 0.416 e. The zero-order valence-corrected chi connectivity index (χ0v) is 24.8. The van der Waals surface area contributed by atoms with Crippen molar-refractivity contribution in [3.05, 3.63) is 95.8 Å². The molecule has 0 saturated carbocycles. The number of ether oxygens (including phenoxy) is 1. The fourth-order valence-electron chi connectivity index (χ4n) is 4.86. The Morgan fingerprint density at radius 1 is 0.930 bits per heavy atom. The average Bonchev–Trinajstić information content (AvgIpc) is 2.98. The van der Waals surface area contributed by atoms with Crippen LogP contribution in [0.25, 0.3) is 6.08 Å². The summed E-state index contributed by atoms with van der Waals surface area (Å²) in [6, 6.07) is 16.3. The zero-order valence-electron chi connectivity index (χ0n) is 24.8. The highest BCUT2D eigenvalue weighted by Gasteiger charge is 2.32. The molecule has 1 aromatic heterocycles. The van der Waals surface area contributed by atoms with Crippen molar-refractivity contribution in [1.82, 2.24) is 14.8 Å². The predicted octanol–water partition coefficient (Wildman–Crippen LogP) is 7.31. The number of benzene rings is 2. The maximum atomic E-state index is 13.5. The number of amides is 2. The number of carbonyl (C=O) groups excluding carboxylic acids is 2. The van der Waals surface area contributed by atoms with Crippen molar-refractivity contribution in [3.63, 3.8) is 0 Å². The molecule has 1 aliphatic heterocycles. The summed E-state index contributed by atoms with van der Waals surface area (Å²) in [5.74, 6) is -0.256. The number of rotatable bonds is 7. The highest BCUT2D eigenvalue weighted by molar-refractivity contribution is 5.92. The van der Waals surface area contributed by atoms with E-state index in [1.807, 2.05) is 69.1 Å². The molecule has 0 aliphatic carbocycles. The average molecular weight is 595 g/mol. The van der Waals surface area contributed by atoms with Crippen LogP contribution >= 0.6 is 0 Å². The van der Waals surface area contributed by atoms with Gasteiger partial charge in [0.05, 0.1) is 5.56 Å². The molecule has 1 saturated heterocycles. The van der Waals surface area contributed by atoms with E-state index in [1.165, 1.54) is 24.3 Å². The second-order valence-corrected chi connectivity index (χ2v) is 11.5. The van der Waals surface area contributed by atoms with Gasteiger partial charge < -0.3 is 19.4 Å². The summed E-state index contributed by atoms with van der Waals surface area (Å²) in [6.07, 6.45) is 2.73. The predicted molar refractivity (Wildman–Crippen MR) is 161 cm³/mol. The first kappa shape index (κ1) is 31.6. The van der Waals surface area contributed by atoms with E-state index in [9.17, 15) is 22.8 Å². The quantitative estimate of drug-likeness (QED) is 0.269. The van der Waals surface area contributed by atoms with Crippen molar-refractivity contribution in [1.29, 1.82) is 0 Å². The summed E-state index contributed by atoms with van der Waals surface area (Å²) in [5.41, 5.74) is 2.04. The summed E-state index contributed by atoms with van der Waals surface area (Å²) in [6.45, 7) is 6.69. The van der Waals surface area contributed by atoms with Crippen LogP contribution in [0.3, 0.4) is 0 Å². The Bertz CT molecular complexity index is 1390. The van der Waals surface area contributed by atoms with E-state index in [4.69, 9.17) is 4.74 Å². The number of halogens is 3. The first-order chi connectivity index (χ1) is 20.3. The Kier molecular flexibility index (Phi) is 9.78. The van der Waals surface area contributed by atoms with Gasteiger partial charge in [0, 0.05) is 62.6 Å². The standard InChI is InChI=1S/C33H37F3N4O3/c1-32(2,3)43-31(42)39-21-17-29(18-22-39)40(30(41)14-9-24-5-10-26(11-6-24)33(34,35)36)23-25-7-12-27(13-8-25)38(4)28-15-19-37-20-16-28/h5-16,19-20,29H,17-18,21-23H2,1-4H3/b14-9+. The van der Waals surface area contributed by atoms with Crippen LogP contribution in [0, 0.1) is 0 Å². The topological polar surface area (TPSA) is 66.0 Å². The molecule has 0 spiro atoms. The highest BCUT2D eigenvalue weighted by atomic mass is 19.4. The van der Waals surface area contributed by atoms with Crippen molar-refractivity contribution in [2.75, 3.05) is 25.0 Å². The molecule has 2 amide bonds. The minimum Gasteiger partial charge on any atom is -0.444 e. The summed E-state index contributed by atoms with van der Waals surface area (Å²) in [5, 5.41) is 0. The van der Waals surface area contributed by atoms with E-state index < -0.39 is 17.3 Å². The van der Waals surface area contributed by atoms with Gasteiger partial charge in [-0.25, -0.2) is 4.79 Å². The van der Waals surface area contributed by atoms with E-state index in [1.54, 1.807) is 22.2 Å². The number of alkyl halides is 3. The SMILES string of the molecule is CN(c1ccncc1)c1ccc(CN(C(=O)/C=C/c2ccc(C(F)(F)F)cc2)C2CCN(C(=O)OC(C)(C)C)CC2)cc1. The van der Waals surface area contributed by atoms with E-state index >= 15 is 0 Å².